The molecule has 0 radical (unpaired) electrons. The molecule has 1 amide bonds. The van der Waals surface area contributed by atoms with Crippen molar-refractivity contribution < 1.29 is 9.90 Å². The van der Waals surface area contributed by atoms with Crippen molar-refractivity contribution in [2.75, 3.05) is 13.2 Å². The summed E-state index contributed by atoms with van der Waals surface area (Å²) < 4.78 is 0. The first-order chi connectivity index (χ1) is 8.63. The van der Waals surface area contributed by atoms with Crippen LogP contribution in [0, 0.1) is 0 Å². The second-order valence-corrected chi connectivity index (χ2v) is 4.76. The second kappa shape index (κ2) is 7.44. The molecule has 0 atom stereocenters. The topological polar surface area (TPSA) is 40.5 Å². The average Bonchev–Trinajstić information content (AvgIpc) is 2.38. The van der Waals surface area contributed by atoms with Crippen LogP contribution in [0.25, 0.3) is 0 Å². The van der Waals surface area contributed by atoms with Gasteiger partial charge in [-0.1, -0.05) is 19.9 Å². The van der Waals surface area contributed by atoms with E-state index in [0.717, 1.165) is 17.7 Å². The van der Waals surface area contributed by atoms with Gasteiger partial charge >= 0.3 is 0 Å². The highest BCUT2D eigenvalue weighted by Gasteiger charge is 2.21. The number of rotatable bonds is 6. The van der Waals surface area contributed by atoms with E-state index in [1.165, 1.54) is 0 Å². The van der Waals surface area contributed by atoms with Gasteiger partial charge in [0.2, 0.25) is 0 Å². The lowest BCUT2D eigenvalue weighted by Crippen LogP contribution is -2.41. The SMILES string of the molecule is CCC(CC)N(CCO)C(=O)c1cccc(S)c1. The van der Waals surface area contributed by atoms with Crippen LogP contribution in [0.15, 0.2) is 29.2 Å². The van der Waals surface area contributed by atoms with Gasteiger partial charge in [-0.25, -0.2) is 0 Å². The molecule has 1 aromatic rings. The molecular weight excluding hydrogens is 246 g/mol. The minimum absolute atomic E-state index is 0.0111. The fourth-order valence-electron chi connectivity index (χ4n) is 2.09. The Kier molecular flexibility index (Phi) is 6.22. The zero-order valence-corrected chi connectivity index (χ0v) is 11.9. The monoisotopic (exact) mass is 267 g/mol. The number of nitrogens with zero attached hydrogens (tertiary/aromatic N) is 1. The summed E-state index contributed by atoms with van der Waals surface area (Å²) >= 11 is 4.25. The Balaban J connectivity index is 2.95. The van der Waals surface area contributed by atoms with Gasteiger partial charge in [-0.2, -0.15) is 0 Å². The largest absolute Gasteiger partial charge is 0.395 e. The van der Waals surface area contributed by atoms with Crippen molar-refractivity contribution >= 4 is 18.5 Å². The Hall–Kier alpha value is -1.00. The van der Waals surface area contributed by atoms with Gasteiger partial charge in [0.15, 0.2) is 0 Å². The number of aliphatic hydroxyl groups is 1. The number of aliphatic hydroxyl groups excluding tert-OH is 1. The highest BCUT2D eigenvalue weighted by atomic mass is 32.1. The van der Waals surface area contributed by atoms with Crippen molar-refractivity contribution in [2.24, 2.45) is 0 Å². The lowest BCUT2D eigenvalue weighted by Gasteiger charge is -2.30. The van der Waals surface area contributed by atoms with E-state index < -0.39 is 0 Å². The summed E-state index contributed by atoms with van der Waals surface area (Å²) in [6.45, 7) is 4.48. The Bertz CT molecular complexity index is 391. The van der Waals surface area contributed by atoms with Gasteiger partial charge in [0.25, 0.3) is 5.91 Å². The smallest absolute Gasteiger partial charge is 0.254 e. The highest BCUT2D eigenvalue weighted by molar-refractivity contribution is 7.80. The van der Waals surface area contributed by atoms with Crippen LogP contribution in [-0.4, -0.2) is 35.1 Å². The molecule has 18 heavy (non-hydrogen) atoms. The third kappa shape index (κ3) is 3.75. The summed E-state index contributed by atoms with van der Waals surface area (Å²) in [5, 5.41) is 9.12. The number of thiol groups is 1. The summed E-state index contributed by atoms with van der Waals surface area (Å²) in [5.41, 5.74) is 0.628. The summed E-state index contributed by atoms with van der Waals surface area (Å²) in [7, 11) is 0. The van der Waals surface area contributed by atoms with Crippen molar-refractivity contribution in [1.82, 2.24) is 4.90 Å². The van der Waals surface area contributed by atoms with E-state index in [0.29, 0.717) is 12.1 Å². The van der Waals surface area contributed by atoms with Crippen molar-refractivity contribution in [3.8, 4) is 0 Å². The Morgan fingerprint density at radius 2 is 2.06 bits per heavy atom. The van der Waals surface area contributed by atoms with Crippen LogP contribution in [0.5, 0.6) is 0 Å². The van der Waals surface area contributed by atoms with E-state index in [2.05, 4.69) is 26.5 Å². The molecular formula is C14H21NO2S. The third-order valence-corrected chi connectivity index (χ3v) is 3.36. The summed E-state index contributed by atoms with van der Waals surface area (Å²) in [6.07, 6.45) is 1.78. The van der Waals surface area contributed by atoms with Gasteiger partial charge in [-0.3, -0.25) is 4.79 Å². The van der Waals surface area contributed by atoms with E-state index >= 15 is 0 Å². The molecule has 0 saturated carbocycles. The van der Waals surface area contributed by atoms with Crippen molar-refractivity contribution in [3.63, 3.8) is 0 Å². The van der Waals surface area contributed by atoms with Gasteiger partial charge in [-0.05, 0) is 31.0 Å². The van der Waals surface area contributed by atoms with Crippen LogP contribution in [0.3, 0.4) is 0 Å². The van der Waals surface area contributed by atoms with Gasteiger partial charge in [-0.15, -0.1) is 12.6 Å². The maximum Gasteiger partial charge on any atom is 0.254 e. The molecule has 1 aromatic carbocycles. The first-order valence-corrected chi connectivity index (χ1v) is 6.79. The predicted molar refractivity (Wildman–Crippen MR) is 76.2 cm³/mol. The molecule has 0 heterocycles. The van der Waals surface area contributed by atoms with Gasteiger partial charge in [0.1, 0.15) is 0 Å². The fraction of sp³-hybridized carbons (Fsp3) is 0.500. The van der Waals surface area contributed by atoms with E-state index in [-0.39, 0.29) is 18.6 Å². The molecule has 0 saturated heterocycles. The molecule has 0 fully saturated rings. The number of carbonyl (C=O) groups is 1. The summed E-state index contributed by atoms with van der Waals surface area (Å²) in [5.74, 6) is -0.0337. The molecule has 3 nitrogen and oxygen atoms in total. The highest BCUT2D eigenvalue weighted by Crippen LogP contribution is 2.15. The third-order valence-electron chi connectivity index (χ3n) is 3.08. The molecule has 0 aliphatic rings. The Morgan fingerprint density at radius 1 is 1.39 bits per heavy atom. The number of benzene rings is 1. The quantitative estimate of drug-likeness (QED) is 0.778. The molecule has 0 aromatic heterocycles. The minimum Gasteiger partial charge on any atom is -0.395 e. The van der Waals surface area contributed by atoms with Gasteiger partial charge in [0, 0.05) is 23.0 Å². The van der Waals surface area contributed by atoms with E-state index in [9.17, 15) is 4.79 Å². The lowest BCUT2D eigenvalue weighted by molar-refractivity contribution is 0.0622. The molecule has 0 aliphatic heterocycles. The molecule has 0 spiro atoms. The predicted octanol–water partition coefficient (Wildman–Crippen LogP) is 2.60. The van der Waals surface area contributed by atoms with Crippen molar-refractivity contribution in [3.05, 3.63) is 29.8 Å². The molecule has 1 N–H and O–H groups in total. The first kappa shape index (κ1) is 15.1. The van der Waals surface area contributed by atoms with Crippen LogP contribution >= 0.6 is 12.6 Å². The van der Waals surface area contributed by atoms with E-state index in [4.69, 9.17) is 5.11 Å². The summed E-state index contributed by atoms with van der Waals surface area (Å²) in [6, 6.07) is 7.38. The zero-order valence-electron chi connectivity index (χ0n) is 11.0. The number of hydrogen-bond donors (Lipinski definition) is 2. The van der Waals surface area contributed by atoms with E-state index in [1.54, 1.807) is 17.0 Å². The number of hydrogen-bond acceptors (Lipinski definition) is 3. The van der Waals surface area contributed by atoms with Crippen LogP contribution < -0.4 is 0 Å². The Labute approximate surface area is 114 Å². The zero-order chi connectivity index (χ0) is 13.5. The minimum atomic E-state index is -0.0337. The van der Waals surface area contributed by atoms with Crippen LogP contribution in [0.1, 0.15) is 37.0 Å². The molecule has 0 aliphatic carbocycles. The van der Waals surface area contributed by atoms with Gasteiger partial charge in [0.05, 0.1) is 6.61 Å². The van der Waals surface area contributed by atoms with Gasteiger partial charge < -0.3 is 10.0 Å². The second-order valence-electron chi connectivity index (χ2n) is 4.24. The lowest BCUT2D eigenvalue weighted by atomic mass is 10.1. The molecule has 1 rings (SSSR count). The van der Waals surface area contributed by atoms with Crippen LogP contribution in [0.4, 0.5) is 0 Å². The standard InChI is InChI=1S/C14H21NO2S/c1-3-12(4-2)15(8-9-16)14(17)11-6-5-7-13(18)10-11/h5-7,10,12,16,18H,3-4,8-9H2,1-2H3. The van der Waals surface area contributed by atoms with Crippen LogP contribution in [0.2, 0.25) is 0 Å². The molecule has 100 valence electrons. The number of carbonyl (C=O) groups excluding carboxylic acids is 1. The average molecular weight is 267 g/mol. The van der Waals surface area contributed by atoms with Crippen molar-refractivity contribution in [2.45, 2.75) is 37.6 Å². The maximum atomic E-state index is 12.4. The summed E-state index contributed by atoms with van der Waals surface area (Å²) in [4.78, 5) is 15.0. The van der Waals surface area contributed by atoms with E-state index in [1.807, 2.05) is 12.1 Å². The first-order valence-electron chi connectivity index (χ1n) is 6.34. The normalized spacial score (nSPS) is 10.7. The fourth-order valence-corrected chi connectivity index (χ4v) is 2.32. The molecule has 0 unspecified atom stereocenters. The van der Waals surface area contributed by atoms with Crippen molar-refractivity contribution in [1.29, 1.82) is 0 Å². The number of amides is 1. The molecule has 4 heteroatoms. The van der Waals surface area contributed by atoms with Crippen LogP contribution in [-0.2, 0) is 0 Å². The Morgan fingerprint density at radius 3 is 2.56 bits per heavy atom. The molecule has 0 bridgehead atoms. The maximum absolute atomic E-state index is 12.4.